The zero-order chi connectivity index (χ0) is 16.7. The molecule has 0 saturated heterocycles. The van der Waals surface area contributed by atoms with E-state index in [-0.39, 0.29) is 5.97 Å². The lowest BCUT2D eigenvalue weighted by Gasteiger charge is -2.10. The number of nitrogens with zero attached hydrogens (tertiary/aromatic N) is 5. The van der Waals surface area contributed by atoms with Gasteiger partial charge in [-0.25, -0.2) is 9.48 Å². The van der Waals surface area contributed by atoms with Crippen molar-refractivity contribution in [3.05, 3.63) is 48.3 Å². The number of ether oxygens (including phenoxy) is 1. The van der Waals surface area contributed by atoms with Crippen LogP contribution >= 0.6 is 0 Å². The van der Waals surface area contributed by atoms with E-state index < -0.39 is 0 Å². The summed E-state index contributed by atoms with van der Waals surface area (Å²) in [6.07, 6.45) is 1.97. The summed E-state index contributed by atoms with van der Waals surface area (Å²) in [6.45, 7) is 2.53. The minimum Gasteiger partial charge on any atom is -0.461 e. The first-order chi connectivity index (χ1) is 11.7. The molecule has 0 spiro atoms. The maximum atomic E-state index is 12.3. The van der Waals surface area contributed by atoms with Gasteiger partial charge in [0.1, 0.15) is 17.9 Å². The molecular formula is C17H17N5O2. The largest absolute Gasteiger partial charge is 0.461 e. The maximum absolute atomic E-state index is 12.3. The Morgan fingerprint density at radius 3 is 2.83 bits per heavy atom. The molecule has 0 unspecified atom stereocenters. The number of carbonyl (C=O) groups is 1. The topological polar surface area (TPSA) is 66.9 Å². The molecule has 0 fully saturated rings. The quantitative estimate of drug-likeness (QED) is 0.541. The smallest absolute Gasteiger partial charge is 0.355 e. The van der Waals surface area contributed by atoms with Gasteiger partial charge in [-0.05, 0) is 31.2 Å². The molecule has 0 bridgehead atoms. The molecule has 24 heavy (non-hydrogen) atoms. The molecule has 0 atom stereocenters. The van der Waals surface area contributed by atoms with Crippen LogP contribution in [-0.4, -0.2) is 36.7 Å². The van der Waals surface area contributed by atoms with E-state index >= 15 is 0 Å². The lowest BCUT2D eigenvalue weighted by atomic mass is 10.3. The Hall–Kier alpha value is -3.09. The first kappa shape index (κ1) is 14.5. The number of para-hydroxylation sites is 1. The third kappa shape index (κ3) is 2.17. The minimum absolute atomic E-state index is 0.335. The van der Waals surface area contributed by atoms with E-state index in [1.54, 1.807) is 11.6 Å². The van der Waals surface area contributed by atoms with Crippen LogP contribution in [0.2, 0.25) is 0 Å². The number of esters is 1. The first-order valence-electron chi connectivity index (χ1n) is 7.79. The van der Waals surface area contributed by atoms with Crippen LogP contribution in [0.15, 0.2) is 42.6 Å². The predicted octanol–water partition coefficient (Wildman–Crippen LogP) is 2.41. The summed E-state index contributed by atoms with van der Waals surface area (Å²) in [7, 11) is 1.95. The Kier molecular flexibility index (Phi) is 3.34. The average Bonchev–Trinajstić information content (AvgIpc) is 3.25. The number of rotatable bonds is 4. The molecule has 4 aromatic rings. The van der Waals surface area contributed by atoms with Gasteiger partial charge in [-0.2, -0.15) is 0 Å². The van der Waals surface area contributed by atoms with Crippen molar-refractivity contribution in [2.24, 2.45) is 7.05 Å². The van der Waals surface area contributed by atoms with Crippen LogP contribution in [0.5, 0.6) is 0 Å². The van der Waals surface area contributed by atoms with E-state index in [1.165, 1.54) is 0 Å². The summed E-state index contributed by atoms with van der Waals surface area (Å²) < 4.78 is 10.9. The summed E-state index contributed by atoms with van der Waals surface area (Å²) in [6, 6.07) is 11.6. The molecule has 3 heterocycles. The number of benzene rings is 1. The van der Waals surface area contributed by atoms with Crippen molar-refractivity contribution in [2.75, 3.05) is 6.61 Å². The lowest BCUT2D eigenvalue weighted by Crippen LogP contribution is -2.16. The Labute approximate surface area is 138 Å². The van der Waals surface area contributed by atoms with Gasteiger partial charge in [0, 0.05) is 13.2 Å². The summed E-state index contributed by atoms with van der Waals surface area (Å²) in [4.78, 5) is 12.3. The van der Waals surface area contributed by atoms with Crippen molar-refractivity contribution in [1.82, 2.24) is 24.1 Å². The Morgan fingerprint density at radius 1 is 1.17 bits per heavy atom. The molecule has 0 N–H and O–H groups in total. The van der Waals surface area contributed by atoms with Gasteiger partial charge in [-0.1, -0.05) is 17.3 Å². The molecule has 1 aromatic carbocycles. The highest BCUT2D eigenvalue weighted by atomic mass is 16.5. The minimum atomic E-state index is -0.335. The molecule has 7 heteroatoms. The molecule has 0 amide bonds. The summed E-state index contributed by atoms with van der Waals surface area (Å²) in [5, 5.41) is 8.39. The van der Waals surface area contributed by atoms with E-state index in [9.17, 15) is 4.79 Å². The van der Waals surface area contributed by atoms with E-state index in [0.717, 1.165) is 22.1 Å². The van der Waals surface area contributed by atoms with Crippen molar-refractivity contribution in [3.8, 4) is 0 Å². The van der Waals surface area contributed by atoms with Crippen molar-refractivity contribution in [1.29, 1.82) is 0 Å². The average molecular weight is 323 g/mol. The number of aromatic nitrogens is 5. The third-order valence-corrected chi connectivity index (χ3v) is 4.13. The second kappa shape index (κ2) is 5.52. The Balaban J connectivity index is 1.85. The van der Waals surface area contributed by atoms with Gasteiger partial charge in [-0.3, -0.25) is 0 Å². The number of hydrogen-bond donors (Lipinski definition) is 0. The van der Waals surface area contributed by atoms with Gasteiger partial charge in [0.05, 0.1) is 23.2 Å². The van der Waals surface area contributed by atoms with Gasteiger partial charge in [0.2, 0.25) is 0 Å². The SMILES string of the molecule is CCOC(=O)c1cc2c(ccn2C)n1Cn1nnc2ccccc21. The van der Waals surface area contributed by atoms with Gasteiger partial charge in [-0.15, -0.1) is 5.10 Å². The molecule has 122 valence electrons. The number of fused-ring (bicyclic) bond motifs is 2. The molecule has 0 aliphatic rings. The molecule has 7 nitrogen and oxygen atoms in total. The zero-order valence-corrected chi connectivity index (χ0v) is 13.5. The van der Waals surface area contributed by atoms with Crippen LogP contribution in [0, 0.1) is 0 Å². The summed E-state index contributed by atoms with van der Waals surface area (Å²) in [5.41, 5.74) is 4.19. The second-order valence-corrected chi connectivity index (χ2v) is 5.59. The monoisotopic (exact) mass is 323 g/mol. The zero-order valence-electron chi connectivity index (χ0n) is 13.5. The normalized spacial score (nSPS) is 11.4. The van der Waals surface area contributed by atoms with Gasteiger partial charge in [0.25, 0.3) is 0 Å². The molecule has 0 aliphatic carbocycles. The summed E-state index contributed by atoms with van der Waals surface area (Å²) in [5.74, 6) is -0.335. The summed E-state index contributed by atoms with van der Waals surface area (Å²) >= 11 is 0. The molecular weight excluding hydrogens is 306 g/mol. The number of aryl methyl sites for hydroxylation is 1. The van der Waals surface area contributed by atoms with Crippen LogP contribution < -0.4 is 0 Å². The molecule has 0 saturated carbocycles. The third-order valence-electron chi connectivity index (χ3n) is 4.13. The first-order valence-corrected chi connectivity index (χ1v) is 7.79. The Bertz CT molecular complexity index is 1040. The van der Waals surface area contributed by atoms with E-state index in [4.69, 9.17) is 4.74 Å². The highest BCUT2D eigenvalue weighted by Gasteiger charge is 2.19. The fourth-order valence-corrected chi connectivity index (χ4v) is 2.95. The molecule has 0 radical (unpaired) electrons. The van der Waals surface area contributed by atoms with Crippen LogP contribution in [0.1, 0.15) is 17.4 Å². The van der Waals surface area contributed by atoms with Gasteiger partial charge < -0.3 is 13.9 Å². The Morgan fingerprint density at radius 2 is 2.00 bits per heavy atom. The maximum Gasteiger partial charge on any atom is 0.355 e. The van der Waals surface area contributed by atoms with E-state index in [1.807, 2.05) is 58.8 Å². The van der Waals surface area contributed by atoms with Crippen molar-refractivity contribution < 1.29 is 9.53 Å². The highest BCUT2D eigenvalue weighted by molar-refractivity contribution is 5.95. The van der Waals surface area contributed by atoms with Crippen LogP contribution in [0.25, 0.3) is 22.1 Å². The standard InChI is InChI=1S/C17H17N5O2/c1-3-24-17(23)16-10-15-14(8-9-20(15)2)21(16)11-22-13-7-5-4-6-12(13)18-19-22/h4-10H,3,11H2,1-2H3. The van der Waals surface area contributed by atoms with Crippen LogP contribution in [-0.2, 0) is 18.5 Å². The highest BCUT2D eigenvalue weighted by Crippen LogP contribution is 2.22. The van der Waals surface area contributed by atoms with Crippen molar-refractivity contribution in [3.63, 3.8) is 0 Å². The lowest BCUT2D eigenvalue weighted by molar-refractivity contribution is 0.0513. The van der Waals surface area contributed by atoms with Crippen LogP contribution in [0.4, 0.5) is 0 Å². The number of carbonyl (C=O) groups excluding carboxylic acids is 1. The van der Waals surface area contributed by atoms with E-state index in [2.05, 4.69) is 10.3 Å². The van der Waals surface area contributed by atoms with Crippen molar-refractivity contribution >= 4 is 28.0 Å². The predicted molar refractivity (Wildman–Crippen MR) is 89.8 cm³/mol. The number of hydrogen-bond acceptors (Lipinski definition) is 4. The van der Waals surface area contributed by atoms with Crippen LogP contribution in [0.3, 0.4) is 0 Å². The fraction of sp³-hybridized carbons (Fsp3) is 0.235. The van der Waals surface area contributed by atoms with E-state index in [0.29, 0.717) is 19.0 Å². The molecule has 4 rings (SSSR count). The second-order valence-electron chi connectivity index (χ2n) is 5.59. The van der Waals surface area contributed by atoms with Crippen molar-refractivity contribution in [2.45, 2.75) is 13.6 Å². The van der Waals surface area contributed by atoms with Gasteiger partial charge in [0.15, 0.2) is 0 Å². The van der Waals surface area contributed by atoms with Gasteiger partial charge >= 0.3 is 5.97 Å². The molecule has 0 aliphatic heterocycles. The fourth-order valence-electron chi connectivity index (χ4n) is 2.95. The molecule has 3 aromatic heterocycles.